The number of nitro benzene ring substituents is 1. The summed E-state index contributed by atoms with van der Waals surface area (Å²) in [5.74, 6) is 0. The summed E-state index contributed by atoms with van der Waals surface area (Å²) in [7, 11) is -8.71. The molecule has 0 amide bonds. The van der Waals surface area contributed by atoms with Crippen molar-refractivity contribution in [1.29, 1.82) is 0 Å². The first-order chi connectivity index (χ1) is 10.1. The molecular weight excluding hydrogens is 351 g/mol. The fourth-order valence-electron chi connectivity index (χ4n) is 1.53. The number of hydrogen-bond acceptors (Lipinski definition) is 2. The first-order valence-corrected chi connectivity index (χ1v) is 7.94. The third-order valence-electron chi connectivity index (χ3n) is 2.34. The van der Waals surface area contributed by atoms with Gasteiger partial charge in [-0.05, 0) is 17.7 Å². The Kier molecular flexibility index (Phi) is 4.50. The second kappa shape index (κ2) is 5.48. The predicted molar refractivity (Wildman–Crippen MR) is 71.4 cm³/mol. The maximum absolute atomic E-state index is 10.7. The molecule has 130 valence electrons. The fraction of sp³-hybridized carbons (Fsp3) is 0.182. The Morgan fingerprint density at radius 3 is 1.96 bits per heavy atom. The van der Waals surface area contributed by atoms with E-state index in [9.17, 15) is 35.3 Å². The standard InChI is InChI=1S/C11H12N3O2.F6P/c1-12-6-7-13(9-12)8-10-2-4-11(5-3-10)14(15)16;1-7(2,3,4,5)6/h2-7,9H,8H2,1H3;/q+1;-1. The van der Waals surface area contributed by atoms with Crippen LogP contribution in [0.2, 0.25) is 0 Å². The first kappa shape index (κ1) is 18.9. The Morgan fingerprint density at radius 1 is 1.13 bits per heavy atom. The minimum atomic E-state index is -10.7. The zero-order valence-corrected chi connectivity index (χ0v) is 12.5. The maximum atomic E-state index is 10.5. The van der Waals surface area contributed by atoms with Crippen molar-refractivity contribution < 1.29 is 34.7 Å². The van der Waals surface area contributed by atoms with Crippen molar-refractivity contribution in [2.75, 3.05) is 0 Å². The van der Waals surface area contributed by atoms with E-state index in [0.717, 1.165) is 12.1 Å². The number of nitro groups is 1. The number of non-ortho nitro benzene ring substituents is 1. The molecule has 0 fully saturated rings. The molecule has 0 atom stereocenters. The Morgan fingerprint density at radius 2 is 1.61 bits per heavy atom. The molecule has 0 N–H and O–H groups in total. The van der Waals surface area contributed by atoms with Crippen molar-refractivity contribution in [1.82, 2.24) is 4.57 Å². The van der Waals surface area contributed by atoms with Gasteiger partial charge in [-0.3, -0.25) is 10.1 Å². The molecule has 1 aromatic heterocycles. The molecule has 0 aliphatic rings. The Labute approximate surface area is 126 Å². The van der Waals surface area contributed by atoms with Crippen molar-refractivity contribution in [2.24, 2.45) is 7.05 Å². The Balaban J connectivity index is 0.000000322. The molecule has 0 saturated carbocycles. The zero-order valence-electron chi connectivity index (χ0n) is 11.6. The van der Waals surface area contributed by atoms with Gasteiger partial charge < -0.3 is 0 Å². The van der Waals surface area contributed by atoms with Gasteiger partial charge in [0.05, 0.1) is 12.0 Å². The van der Waals surface area contributed by atoms with E-state index in [-0.39, 0.29) is 10.6 Å². The van der Waals surface area contributed by atoms with Crippen LogP contribution in [0.15, 0.2) is 43.0 Å². The van der Waals surface area contributed by atoms with Gasteiger partial charge in [0.25, 0.3) is 5.69 Å². The number of hydrogen-bond donors (Lipinski definition) is 0. The number of aromatic nitrogens is 2. The predicted octanol–water partition coefficient (Wildman–Crippen LogP) is 4.65. The molecule has 12 heteroatoms. The summed E-state index contributed by atoms with van der Waals surface area (Å²) >= 11 is 0. The molecule has 0 unspecified atom stereocenters. The summed E-state index contributed by atoms with van der Waals surface area (Å²) in [6.45, 7) is 0.721. The number of rotatable bonds is 3. The van der Waals surface area contributed by atoms with E-state index in [1.165, 1.54) is 12.1 Å². The topological polar surface area (TPSA) is 52.0 Å². The normalized spacial score (nSPS) is 14.2. The van der Waals surface area contributed by atoms with E-state index in [1.54, 1.807) is 12.1 Å². The van der Waals surface area contributed by atoms with Gasteiger partial charge in [0, 0.05) is 12.1 Å². The molecule has 0 radical (unpaired) electrons. The number of benzene rings is 1. The summed E-state index contributed by atoms with van der Waals surface area (Å²) in [5, 5.41) is 10.5. The number of halogens is 6. The van der Waals surface area contributed by atoms with Crippen LogP contribution in [0, 0.1) is 10.1 Å². The molecule has 0 spiro atoms. The van der Waals surface area contributed by atoms with Crippen molar-refractivity contribution in [3.05, 3.63) is 58.7 Å². The van der Waals surface area contributed by atoms with E-state index in [4.69, 9.17) is 0 Å². The van der Waals surface area contributed by atoms with Crippen LogP contribution in [0.4, 0.5) is 30.9 Å². The molecule has 0 aliphatic carbocycles. The molecule has 2 aromatic rings. The molecule has 1 aromatic carbocycles. The van der Waals surface area contributed by atoms with Gasteiger partial charge in [-0.1, -0.05) is 0 Å². The van der Waals surface area contributed by atoms with E-state index in [0.29, 0.717) is 0 Å². The summed E-state index contributed by atoms with van der Waals surface area (Å²) in [5.41, 5.74) is 1.17. The molecule has 2 rings (SSSR count). The summed E-state index contributed by atoms with van der Waals surface area (Å²) < 4.78 is 63.2. The van der Waals surface area contributed by atoms with Crippen LogP contribution in [-0.4, -0.2) is 9.49 Å². The number of imidazole rings is 1. The monoisotopic (exact) mass is 363 g/mol. The molecule has 0 bridgehead atoms. The molecule has 23 heavy (non-hydrogen) atoms. The van der Waals surface area contributed by atoms with Crippen LogP contribution in [0.25, 0.3) is 0 Å². The molecule has 0 aliphatic heterocycles. The van der Waals surface area contributed by atoms with Crippen molar-refractivity contribution >= 4 is 13.5 Å². The van der Waals surface area contributed by atoms with E-state index >= 15 is 0 Å². The van der Waals surface area contributed by atoms with Gasteiger partial charge in [-0.25, -0.2) is 9.13 Å². The second-order valence-corrected chi connectivity index (χ2v) is 6.55. The van der Waals surface area contributed by atoms with Gasteiger partial charge in [0.1, 0.15) is 18.9 Å². The van der Waals surface area contributed by atoms with E-state index in [2.05, 4.69) is 0 Å². The van der Waals surface area contributed by atoms with Crippen molar-refractivity contribution in [3.63, 3.8) is 0 Å². The van der Waals surface area contributed by atoms with Gasteiger partial charge in [-0.15, -0.1) is 0 Å². The zero-order chi connectivity index (χ0) is 18.0. The third-order valence-corrected chi connectivity index (χ3v) is 2.34. The quantitative estimate of drug-likeness (QED) is 0.262. The average molecular weight is 363 g/mol. The molecule has 5 nitrogen and oxygen atoms in total. The molecular formula is C11H12F6N3O2P. The SMILES string of the molecule is C[n+]1ccn(Cc2ccc([N+](=O)[O-])cc2)c1.F[P-](F)(F)(F)(F)F. The Bertz CT molecular complexity index is 685. The van der Waals surface area contributed by atoms with Gasteiger partial charge in [0.2, 0.25) is 6.33 Å². The van der Waals surface area contributed by atoms with Gasteiger partial charge in [0.15, 0.2) is 0 Å². The number of aryl methyl sites for hydroxylation is 1. The summed E-state index contributed by atoms with van der Waals surface area (Å²) in [4.78, 5) is 10.1. The van der Waals surface area contributed by atoms with Gasteiger partial charge in [-0.2, -0.15) is 0 Å². The number of nitrogens with zero attached hydrogens (tertiary/aromatic N) is 3. The van der Waals surface area contributed by atoms with Crippen molar-refractivity contribution in [2.45, 2.75) is 6.54 Å². The van der Waals surface area contributed by atoms with Crippen LogP contribution < -0.4 is 4.57 Å². The van der Waals surface area contributed by atoms with E-state index < -0.39 is 7.81 Å². The summed E-state index contributed by atoms with van der Waals surface area (Å²) in [6.07, 6.45) is 5.87. The van der Waals surface area contributed by atoms with E-state index in [1.807, 2.05) is 34.9 Å². The van der Waals surface area contributed by atoms with Crippen LogP contribution >= 0.6 is 7.81 Å². The molecule has 1 heterocycles. The minimum absolute atomic E-state index is 0.127. The fourth-order valence-corrected chi connectivity index (χ4v) is 1.53. The van der Waals surface area contributed by atoms with Crippen LogP contribution in [-0.2, 0) is 13.6 Å². The van der Waals surface area contributed by atoms with Gasteiger partial charge >= 0.3 is 33.0 Å². The third kappa shape index (κ3) is 10.2. The van der Waals surface area contributed by atoms with Crippen molar-refractivity contribution in [3.8, 4) is 0 Å². The van der Waals surface area contributed by atoms with Crippen LogP contribution in [0.5, 0.6) is 0 Å². The van der Waals surface area contributed by atoms with Crippen LogP contribution in [0.1, 0.15) is 5.56 Å². The summed E-state index contributed by atoms with van der Waals surface area (Å²) in [6, 6.07) is 6.61. The first-order valence-electron chi connectivity index (χ1n) is 5.91. The second-order valence-electron chi connectivity index (χ2n) is 4.63. The Hall–Kier alpha value is -2.16. The molecule has 0 saturated heterocycles. The van der Waals surface area contributed by atoms with Crippen LogP contribution in [0.3, 0.4) is 0 Å². The average Bonchev–Trinajstić information content (AvgIpc) is 2.71.